The molecule has 0 amide bonds. The van der Waals surface area contributed by atoms with Gasteiger partial charge in [0.05, 0.1) is 11.6 Å². The largest absolute Gasteiger partial charge is 0.383 e. The van der Waals surface area contributed by atoms with Gasteiger partial charge >= 0.3 is 0 Å². The highest BCUT2D eigenvalue weighted by Crippen LogP contribution is 2.42. The molecule has 1 fully saturated rings. The quantitative estimate of drug-likeness (QED) is 0.923. The second-order valence-corrected chi connectivity index (χ2v) is 5.32. The number of rotatable bonds is 4. The zero-order valence-corrected chi connectivity index (χ0v) is 11.6. The lowest BCUT2D eigenvalue weighted by atomic mass is 10.1. The van der Waals surface area contributed by atoms with Crippen molar-refractivity contribution < 1.29 is 0 Å². The SMILES string of the molecule is CCCn1c(C2CC2)nc(-c2ccc(C#N)cc2)c1N. The third-order valence-electron chi connectivity index (χ3n) is 3.71. The van der Waals surface area contributed by atoms with Crippen LogP contribution in [0.3, 0.4) is 0 Å². The Morgan fingerprint density at radius 1 is 1.35 bits per heavy atom. The molecule has 1 aliphatic rings. The summed E-state index contributed by atoms with van der Waals surface area (Å²) < 4.78 is 2.16. The minimum atomic E-state index is 0.580. The molecule has 0 bridgehead atoms. The minimum Gasteiger partial charge on any atom is -0.383 e. The monoisotopic (exact) mass is 266 g/mol. The number of nitrogens with two attached hydrogens (primary N) is 1. The number of benzene rings is 1. The first kappa shape index (κ1) is 12.7. The predicted octanol–water partition coefficient (Wildman–Crippen LogP) is 3.29. The molecule has 1 aromatic heterocycles. The van der Waals surface area contributed by atoms with E-state index < -0.39 is 0 Å². The van der Waals surface area contributed by atoms with Gasteiger partial charge in [0.15, 0.2) is 0 Å². The smallest absolute Gasteiger partial charge is 0.131 e. The number of imidazole rings is 1. The lowest BCUT2D eigenvalue weighted by Crippen LogP contribution is -2.06. The van der Waals surface area contributed by atoms with Crippen LogP contribution in [0.25, 0.3) is 11.3 Å². The Balaban J connectivity index is 2.04. The van der Waals surface area contributed by atoms with Crippen molar-refractivity contribution in [2.75, 3.05) is 5.73 Å². The van der Waals surface area contributed by atoms with Crippen LogP contribution >= 0.6 is 0 Å². The average Bonchev–Trinajstić information content (AvgIpc) is 3.27. The fourth-order valence-electron chi connectivity index (χ4n) is 2.51. The van der Waals surface area contributed by atoms with E-state index in [-0.39, 0.29) is 0 Å². The van der Waals surface area contributed by atoms with Crippen LogP contribution in [0.2, 0.25) is 0 Å². The third-order valence-corrected chi connectivity index (χ3v) is 3.71. The summed E-state index contributed by atoms with van der Waals surface area (Å²) in [6.07, 6.45) is 3.48. The van der Waals surface area contributed by atoms with Crippen LogP contribution in [-0.4, -0.2) is 9.55 Å². The zero-order valence-electron chi connectivity index (χ0n) is 11.6. The van der Waals surface area contributed by atoms with E-state index in [2.05, 4.69) is 17.6 Å². The predicted molar refractivity (Wildman–Crippen MR) is 79.1 cm³/mol. The van der Waals surface area contributed by atoms with Gasteiger partial charge < -0.3 is 10.3 Å². The highest BCUT2D eigenvalue weighted by atomic mass is 15.1. The maximum Gasteiger partial charge on any atom is 0.131 e. The van der Waals surface area contributed by atoms with Gasteiger partial charge in [-0.25, -0.2) is 4.98 Å². The lowest BCUT2D eigenvalue weighted by Gasteiger charge is -2.07. The van der Waals surface area contributed by atoms with E-state index in [4.69, 9.17) is 16.0 Å². The maximum absolute atomic E-state index is 8.86. The van der Waals surface area contributed by atoms with Crippen molar-refractivity contribution >= 4 is 5.82 Å². The summed E-state index contributed by atoms with van der Waals surface area (Å²) in [6.45, 7) is 3.07. The van der Waals surface area contributed by atoms with Crippen LogP contribution < -0.4 is 5.73 Å². The zero-order chi connectivity index (χ0) is 14.1. The molecule has 1 aliphatic carbocycles. The molecule has 0 atom stereocenters. The second-order valence-electron chi connectivity index (χ2n) is 5.32. The van der Waals surface area contributed by atoms with Gasteiger partial charge in [0.25, 0.3) is 0 Å². The highest BCUT2D eigenvalue weighted by molar-refractivity contribution is 5.71. The molecule has 4 nitrogen and oxygen atoms in total. The summed E-state index contributed by atoms with van der Waals surface area (Å²) in [5, 5.41) is 8.86. The summed E-state index contributed by atoms with van der Waals surface area (Å²) >= 11 is 0. The lowest BCUT2D eigenvalue weighted by molar-refractivity contribution is 0.646. The fourth-order valence-corrected chi connectivity index (χ4v) is 2.51. The Labute approximate surface area is 118 Å². The van der Waals surface area contributed by atoms with E-state index in [1.165, 1.54) is 12.8 Å². The topological polar surface area (TPSA) is 67.6 Å². The Bertz CT molecular complexity index is 657. The third kappa shape index (κ3) is 2.16. The van der Waals surface area contributed by atoms with Crippen LogP contribution in [0.1, 0.15) is 43.5 Å². The highest BCUT2D eigenvalue weighted by Gasteiger charge is 2.30. The molecular formula is C16H18N4. The van der Waals surface area contributed by atoms with Crippen LogP contribution in [0.15, 0.2) is 24.3 Å². The molecule has 2 aromatic rings. The van der Waals surface area contributed by atoms with E-state index in [0.717, 1.165) is 35.9 Å². The van der Waals surface area contributed by atoms with Crippen molar-refractivity contribution in [3.8, 4) is 17.3 Å². The minimum absolute atomic E-state index is 0.580. The van der Waals surface area contributed by atoms with Gasteiger partial charge in [0.1, 0.15) is 17.3 Å². The normalized spacial score (nSPS) is 14.2. The molecule has 0 spiro atoms. The molecule has 0 radical (unpaired) electrons. The molecule has 1 saturated carbocycles. The molecule has 1 heterocycles. The Kier molecular flexibility index (Phi) is 3.19. The standard InChI is InChI=1S/C16H18N4/c1-2-9-20-15(18)14(19-16(20)13-7-8-13)12-5-3-11(10-17)4-6-12/h3-6,13H,2,7-9,18H2,1H3. The Hall–Kier alpha value is -2.28. The van der Waals surface area contributed by atoms with Crippen molar-refractivity contribution in [2.24, 2.45) is 0 Å². The van der Waals surface area contributed by atoms with Crippen LogP contribution in [0, 0.1) is 11.3 Å². The number of nitrogens with zero attached hydrogens (tertiary/aromatic N) is 3. The van der Waals surface area contributed by atoms with Gasteiger partial charge in [-0.2, -0.15) is 5.26 Å². The molecule has 20 heavy (non-hydrogen) atoms. The first-order valence-electron chi connectivity index (χ1n) is 7.11. The summed E-state index contributed by atoms with van der Waals surface area (Å²) in [4.78, 5) is 4.77. The van der Waals surface area contributed by atoms with Gasteiger partial charge in [-0.1, -0.05) is 19.1 Å². The second kappa shape index (κ2) is 5.01. The fraction of sp³-hybridized carbons (Fsp3) is 0.375. The van der Waals surface area contributed by atoms with E-state index in [0.29, 0.717) is 11.5 Å². The number of aromatic nitrogens is 2. The average molecular weight is 266 g/mol. The first-order valence-corrected chi connectivity index (χ1v) is 7.11. The van der Waals surface area contributed by atoms with E-state index in [1.54, 1.807) is 0 Å². The van der Waals surface area contributed by atoms with Crippen molar-refractivity contribution in [1.29, 1.82) is 5.26 Å². The number of hydrogen-bond donors (Lipinski definition) is 1. The molecule has 0 unspecified atom stereocenters. The molecule has 0 saturated heterocycles. The molecule has 4 heteroatoms. The molecule has 1 aromatic carbocycles. The molecule has 0 aliphatic heterocycles. The maximum atomic E-state index is 8.86. The van der Waals surface area contributed by atoms with Gasteiger partial charge in [-0.15, -0.1) is 0 Å². The molecule has 2 N–H and O–H groups in total. The number of nitrogen functional groups attached to an aromatic ring is 1. The van der Waals surface area contributed by atoms with Crippen molar-refractivity contribution in [3.63, 3.8) is 0 Å². The Morgan fingerprint density at radius 3 is 2.60 bits per heavy atom. The van der Waals surface area contributed by atoms with Crippen molar-refractivity contribution in [1.82, 2.24) is 9.55 Å². The number of anilines is 1. The van der Waals surface area contributed by atoms with Crippen LogP contribution in [-0.2, 0) is 6.54 Å². The van der Waals surface area contributed by atoms with E-state index >= 15 is 0 Å². The van der Waals surface area contributed by atoms with Crippen molar-refractivity contribution in [2.45, 2.75) is 38.6 Å². The number of nitriles is 1. The first-order chi connectivity index (χ1) is 9.74. The van der Waals surface area contributed by atoms with E-state index in [1.807, 2.05) is 24.3 Å². The summed E-state index contributed by atoms with van der Waals surface area (Å²) in [5.74, 6) is 2.46. The Morgan fingerprint density at radius 2 is 2.05 bits per heavy atom. The van der Waals surface area contributed by atoms with Gasteiger partial charge in [0.2, 0.25) is 0 Å². The van der Waals surface area contributed by atoms with Crippen molar-refractivity contribution in [3.05, 3.63) is 35.7 Å². The molecular weight excluding hydrogens is 248 g/mol. The van der Waals surface area contributed by atoms with Crippen LogP contribution in [0.5, 0.6) is 0 Å². The summed E-state index contributed by atoms with van der Waals surface area (Å²) in [7, 11) is 0. The van der Waals surface area contributed by atoms with E-state index in [9.17, 15) is 0 Å². The van der Waals surface area contributed by atoms with Gasteiger partial charge in [0, 0.05) is 18.0 Å². The van der Waals surface area contributed by atoms with Gasteiger partial charge in [-0.3, -0.25) is 0 Å². The van der Waals surface area contributed by atoms with Crippen LogP contribution in [0.4, 0.5) is 5.82 Å². The van der Waals surface area contributed by atoms with Gasteiger partial charge in [-0.05, 0) is 31.4 Å². The summed E-state index contributed by atoms with van der Waals surface area (Å²) in [6, 6.07) is 9.59. The molecule has 3 rings (SSSR count). The number of hydrogen-bond acceptors (Lipinski definition) is 3. The molecule has 102 valence electrons. The summed E-state index contributed by atoms with van der Waals surface area (Å²) in [5.41, 5.74) is 8.79.